The highest BCUT2D eigenvalue weighted by atomic mass is 16.4. The number of carbonyl (C=O) groups is 2. The van der Waals surface area contributed by atoms with Crippen molar-refractivity contribution in [2.24, 2.45) is 5.73 Å². The molecular weight excluding hydrogens is 220 g/mol. The average molecular weight is 236 g/mol. The number of amides is 1. The lowest BCUT2D eigenvalue weighted by Crippen LogP contribution is -2.42. The van der Waals surface area contributed by atoms with Gasteiger partial charge < -0.3 is 16.2 Å². The minimum absolute atomic E-state index is 0.191. The first-order valence-corrected chi connectivity index (χ1v) is 5.33. The Morgan fingerprint density at radius 2 is 1.94 bits per heavy atom. The van der Waals surface area contributed by atoms with Gasteiger partial charge in [-0.05, 0) is 12.5 Å². The maximum Gasteiger partial charge on any atom is 0.305 e. The predicted molar refractivity (Wildman–Crippen MR) is 63.2 cm³/mol. The van der Waals surface area contributed by atoms with Gasteiger partial charge in [-0.2, -0.15) is 0 Å². The molecule has 5 heteroatoms. The van der Waals surface area contributed by atoms with Crippen LogP contribution in [0.1, 0.15) is 24.9 Å². The van der Waals surface area contributed by atoms with Crippen molar-refractivity contribution >= 4 is 11.9 Å². The lowest BCUT2D eigenvalue weighted by Gasteiger charge is -2.16. The van der Waals surface area contributed by atoms with Crippen LogP contribution in [-0.4, -0.2) is 23.0 Å². The second-order valence-electron chi connectivity index (χ2n) is 3.85. The molecule has 0 radical (unpaired) electrons. The fraction of sp³-hybridized carbons (Fsp3) is 0.333. The molecule has 17 heavy (non-hydrogen) atoms. The third kappa shape index (κ3) is 4.24. The molecule has 0 saturated carbocycles. The standard InChI is InChI=1S/C12H16N2O3/c1-8(9-5-3-2-4-6-9)14-12(17)10(13)7-11(15)16/h2-6,8,10H,7,13H2,1H3,(H,14,17)(H,15,16)/t8-,10?/m1/s1. The van der Waals surface area contributed by atoms with E-state index in [0.717, 1.165) is 5.56 Å². The summed E-state index contributed by atoms with van der Waals surface area (Å²) in [4.78, 5) is 22.0. The Morgan fingerprint density at radius 1 is 1.35 bits per heavy atom. The van der Waals surface area contributed by atoms with E-state index in [4.69, 9.17) is 10.8 Å². The van der Waals surface area contributed by atoms with Gasteiger partial charge in [-0.3, -0.25) is 9.59 Å². The van der Waals surface area contributed by atoms with E-state index < -0.39 is 17.9 Å². The molecule has 5 nitrogen and oxygen atoms in total. The molecule has 0 heterocycles. The highest BCUT2D eigenvalue weighted by Gasteiger charge is 2.18. The molecule has 0 aromatic heterocycles. The summed E-state index contributed by atoms with van der Waals surface area (Å²) in [5.74, 6) is -1.54. The van der Waals surface area contributed by atoms with E-state index >= 15 is 0 Å². The minimum atomic E-state index is -1.08. The van der Waals surface area contributed by atoms with Crippen LogP contribution in [0.15, 0.2) is 30.3 Å². The maximum atomic E-state index is 11.6. The number of hydrogen-bond donors (Lipinski definition) is 3. The van der Waals surface area contributed by atoms with Crippen LogP contribution in [0.3, 0.4) is 0 Å². The van der Waals surface area contributed by atoms with Gasteiger partial charge in [-0.25, -0.2) is 0 Å². The molecule has 2 atom stereocenters. The third-order valence-electron chi connectivity index (χ3n) is 2.39. The zero-order valence-electron chi connectivity index (χ0n) is 9.59. The van der Waals surface area contributed by atoms with Crippen LogP contribution in [0.4, 0.5) is 0 Å². The fourth-order valence-electron chi connectivity index (χ4n) is 1.43. The summed E-state index contributed by atoms with van der Waals surface area (Å²) in [6.45, 7) is 1.82. The number of rotatable bonds is 5. The fourth-order valence-corrected chi connectivity index (χ4v) is 1.43. The van der Waals surface area contributed by atoms with Crippen LogP contribution in [0.25, 0.3) is 0 Å². The molecular formula is C12H16N2O3. The SMILES string of the molecule is C[C@@H](NC(=O)C(N)CC(=O)O)c1ccccc1. The molecule has 1 amide bonds. The van der Waals surface area contributed by atoms with Crippen molar-refractivity contribution in [3.05, 3.63) is 35.9 Å². The number of aliphatic carboxylic acids is 1. The summed E-state index contributed by atoms with van der Waals surface area (Å²) in [6, 6.07) is 8.18. The zero-order valence-corrected chi connectivity index (χ0v) is 9.59. The van der Waals surface area contributed by atoms with Crippen molar-refractivity contribution in [2.45, 2.75) is 25.4 Å². The number of carbonyl (C=O) groups excluding carboxylic acids is 1. The molecule has 1 unspecified atom stereocenters. The molecule has 0 aliphatic heterocycles. The van der Waals surface area contributed by atoms with Crippen LogP contribution < -0.4 is 11.1 Å². The number of benzene rings is 1. The van der Waals surface area contributed by atoms with Crippen molar-refractivity contribution in [3.63, 3.8) is 0 Å². The van der Waals surface area contributed by atoms with E-state index in [0.29, 0.717) is 0 Å². The molecule has 4 N–H and O–H groups in total. The summed E-state index contributed by atoms with van der Waals surface area (Å²) in [5.41, 5.74) is 6.40. The molecule has 1 rings (SSSR count). The predicted octanol–water partition coefficient (Wildman–Crippen LogP) is 0.666. The van der Waals surface area contributed by atoms with Gasteiger partial charge in [0.2, 0.25) is 5.91 Å². The summed E-state index contributed by atoms with van der Waals surface area (Å²) in [5, 5.41) is 11.2. The quantitative estimate of drug-likeness (QED) is 0.700. The molecule has 0 aliphatic carbocycles. The Balaban J connectivity index is 2.54. The van der Waals surface area contributed by atoms with Gasteiger partial charge >= 0.3 is 5.97 Å². The Bertz CT molecular complexity index is 392. The first-order valence-electron chi connectivity index (χ1n) is 5.33. The smallest absolute Gasteiger partial charge is 0.305 e. The highest BCUT2D eigenvalue weighted by molar-refractivity contribution is 5.86. The van der Waals surface area contributed by atoms with E-state index in [1.807, 2.05) is 37.3 Å². The number of nitrogens with two attached hydrogens (primary N) is 1. The number of nitrogens with one attached hydrogen (secondary N) is 1. The molecule has 1 aromatic rings. The van der Waals surface area contributed by atoms with Gasteiger partial charge in [0.25, 0.3) is 0 Å². The van der Waals surface area contributed by atoms with Gasteiger partial charge in [0, 0.05) is 0 Å². The molecule has 0 saturated heterocycles. The lowest BCUT2D eigenvalue weighted by atomic mass is 10.1. The van der Waals surface area contributed by atoms with Crippen molar-refractivity contribution in [3.8, 4) is 0 Å². The van der Waals surface area contributed by atoms with Gasteiger partial charge in [0.1, 0.15) is 0 Å². The van der Waals surface area contributed by atoms with Gasteiger partial charge in [-0.15, -0.1) is 0 Å². The Kier molecular flexibility index (Phi) is 4.66. The third-order valence-corrected chi connectivity index (χ3v) is 2.39. The van der Waals surface area contributed by atoms with E-state index in [9.17, 15) is 9.59 Å². The van der Waals surface area contributed by atoms with Crippen molar-refractivity contribution in [1.29, 1.82) is 0 Å². The Morgan fingerprint density at radius 3 is 2.47 bits per heavy atom. The number of carboxylic acid groups (broad SMARTS) is 1. The Labute approximate surface area is 99.6 Å². The van der Waals surface area contributed by atoms with E-state index in [1.165, 1.54) is 0 Å². The molecule has 0 bridgehead atoms. The molecule has 0 spiro atoms. The van der Waals surface area contributed by atoms with Gasteiger partial charge in [0.05, 0.1) is 18.5 Å². The second-order valence-corrected chi connectivity index (χ2v) is 3.85. The van der Waals surface area contributed by atoms with E-state index in [1.54, 1.807) is 0 Å². The number of hydrogen-bond acceptors (Lipinski definition) is 3. The molecule has 0 aliphatic rings. The topological polar surface area (TPSA) is 92.4 Å². The van der Waals surface area contributed by atoms with Crippen LogP contribution in [0.2, 0.25) is 0 Å². The minimum Gasteiger partial charge on any atom is -0.481 e. The van der Waals surface area contributed by atoms with Crippen molar-refractivity contribution in [2.75, 3.05) is 0 Å². The normalized spacial score (nSPS) is 13.8. The molecule has 0 fully saturated rings. The van der Waals surface area contributed by atoms with Gasteiger partial charge in [0.15, 0.2) is 0 Å². The van der Waals surface area contributed by atoms with E-state index in [-0.39, 0.29) is 12.5 Å². The van der Waals surface area contributed by atoms with Crippen LogP contribution in [0, 0.1) is 0 Å². The number of carboxylic acids is 1. The van der Waals surface area contributed by atoms with Crippen LogP contribution in [0.5, 0.6) is 0 Å². The second kappa shape index (κ2) is 6.00. The maximum absolute atomic E-state index is 11.6. The largest absolute Gasteiger partial charge is 0.481 e. The highest BCUT2D eigenvalue weighted by Crippen LogP contribution is 2.11. The van der Waals surface area contributed by atoms with Crippen molar-refractivity contribution in [1.82, 2.24) is 5.32 Å². The average Bonchev–Trinajstić information content (AvgIpc) is 2.29. The summed E-state index contributed by atoms with van der Waals surface area (Å²) in [7, 11) is 0. The summed E-state index contributed by atoms with van der Waals surface area (Å²) in [6.07, 6.45) is -0.368. The van der Waals surface area contributed by atoms with E-state index in [2.05, 4.69) is 5.32 Å². The molecule has 1 aromatic carbocycles. The monoisotopic (exact) mass is 236 g/mol. The Hall–Kier alpha value is -1.88. The van der Waals surface area contributed by atoms with Crippen LogP contribution >= 0.6 is 0 Å². The molecule has 92 valence electrons. The summed E-state index contributed by atoms with van der Waals surface area (Å²) >= 11 is 0. The first-order chi connectivity index (χ1) is 8.00. The summed E-state index contributed by atoms with van der Waals surface area (Å²) < 4.78 is 0. The first kappa shape index (κ1) is 13.2. The van der Waals surface area contributed by atoms with Gasteiger partial charge in [-0.1, -0.05) is 30.3 Å². The van der Waals surface area contributed by atoms with Crippen LogP contribution in [-0.2, 0) is 9.59 Å². The van der Waals surface area contributed by atoms with Crippen molar-refractivity contribution < 1.29 is 14.7 Å². The lowest BCUT2D eigenvalue weighted by molar-refractivity contribution is -0.139. The zero-order chi connectivity index (χ0) is 12.8.